The van der Waals surface area contributed by atoms with Gasteiger partial charge in [0.05, 0.1) is 38.6 Å². The number of aliphatic hydroxyl groups excluding tert-OH is 11. The van der Waals surface area contributed by atoms with Crippen LogP contribution in [0.3, 0.4) is 0 Å². The predicted molar refractivity (Wildman–Crippen MR) is 273 cm³/mol. The molecule has 0 aromatic rings. The second kappa shape index (κ2) is 39.2. The van der Waals surface area contributed by atoms with Crippen molar-refractivity contribution in [2.24, 2.45) is 0 Å². The Bertz CT molecular complexity index is 1350. The van der Waals surface area contributed by atoms with Crippen molar-refractivity contribution in [1.82, 2.24) is 5.32 Å². The van der Waals surface area contributed by atoms with Crippen LogP contribution < -0.4 is 5.32 Å². The molecule has 73 heavy (non-hydrogen) atoms. The van der Waals surface area contributed by atoms with Crippen LogP contribution in [0.15, 0.2) is 0 Å². The molecule has 3 fully saturated rings. The summed E-state index contributed by atoms with van der Waals surface area (Å²) in [5, 5.41) is 120. The molecule has 0 aromatic carbocycles. The van der Waals surface area contributed by atoms with Crippen molar-refractivity contribution in [3.8, 4) is 0 Å². The average Bonchev–Trinajstić information content (AvgIpc) is 3.39. The summed E-state index contributed by atoms with van der Waals surface area (Å²) in [6.07, 6.45) is 7.65. The third-order valence-corrected chi connectivity index (χ3v) is 14.9. The Hall–Kier alpha value is -1.21. The van der Waals surface area contributed by atoms with E-state index in [-0.39, 0.29) is 18.9 Å². The van der Waals surface area contributed by atoms with Gasteiger partial charge in [0.2, 0.25) is 5.91 Å². The minimum Gasteiger partial charge on any atom is -0.394 e. The van der Waals surface area contributed by atoms with Crippen molar-refractivity contribution in [2.75, 3.05) is 26.4 Å². The van der Waals surface area contributed by atoms with Gasteiger partial charge in [-0.25, -0.2) is 0 Å². The van der Waals surface area contributed by atoms with E-state index >= 15 is 0 Å². The zero-order valence-corrected chi connectivity index (χ0v) is 44.6. The van der Waals surface area contributed by atoms with E-state index in [2.05, 4.69) is 19.2 Å². The number of unbranched alkanes of at least 4 members (excludes halogenated alkanes) is 26. The zero-order chi connectivity index (χ0) is 53.4. The number of aliphatic hydroxyl groups is 11. The van der Waals surface area contributed by atoms with Gasteiger partial charge in [0.15, 0.2) is 18.9 Å². The highest BCUT2D eigenvalue weighted by molar-refractivity contribution is 5.76. The van der Waals surface area contributed by atoms with Crippen LogP contribution >= 0.6 is 0 Å². The predicted octanol–water partition coefficient (Wildman–Crippen LogP) is 4.04. The van der Waals surface area contributed by atoms with Crippen molar-refractivity contribution >= 4 is 5.91 Å². The normalized spacial score (nSPS) is 31.7. The van der Waals surface area contributed by atoms with Gasteiger partial charge in [0.25, 0.3) is 0 Å². The summed E-state index contributed by atoms with van der Waals surface area (Å²) in [6.45, 7) is 1.78. The van der Waals surface area contributed by atoms with E-state index < -0.39 is 124 Å². The minimum atomic E-state index is -1.97. The van der Waals surface area contributed by atoms with E-state index in [9.17, 15) is 61.0 Å². The first-order chi connectivity index (χ1) is 35.3. The SMILES string of the molecule is CCCCCCCCCCCCCCCCCCC(=O)NC(COC1OC(CO)C(OC2OC(CO)C(OC3OC(CO)C(O)C(O)C3O)C(O)C2O)C(O)C1O)C(O)CCCCCCCCCCCCCC. The summed E-state index contributed by atoms with van der Waals surface area (Å²) in [6, 6.07) is -0.878. The number of carbonyl (C=O) groups excluding carboxylic acids is 1. The smallest absolute Gasteiger partial charge is 0.220 e. The van der Waals surface area contributed by atoms with Crippen LogP contribution in [0, 0.1) is 0 Å². The highest BCUT2D eigenvalue weighted by Gasteiger charge is 2.53. The lowest BCUT2D eigenvalue weighted by atomic mass is 9.96. The van der Waals surface area contributed by atoms with E-state index in [4.69, 9.17) is 28.4 Å². The molecule has 0 aromatic heterocycles. The van der Waals surface area contributed by atoms with Gasteiger partial charge < -0.3 is 89.9 Å². The fraction of sp³-hybridized carbons (Fsp3) is 0.981. The van der Waals surface area contributed by atoms with E-state index in [1.165, 1.54) is 128 Å². The zero-order valence-electron chi connectivity index (χ0n) is 44.6. The molecule has 1 amide bonds. The maximum atomic E-state index is 13.3. The molecule has 19 nitrogen and oxygen atoms in total. The van der Waals surface area contributed by atoms with Crippen LogP contribution in [-0.4, -0.2) is 193 Å². The number of ether oxygens (including phenoxy) is 6. The quantitative estimate of drug-likeness (QED) is 0.0384. The third-order valence-electron chi connectivity index (χ3n) is 14.9. The molecule has 432 valence electrons. The average molecular weight is 1050 g/mol. The van der Waals surface area contributed by atoms with Gasteiger partial charge in [-0.3, -0.25) is 4.79 Å². The summed E-state index contributed by atoms with van der Waals surface area (Å²) in [7, 11) is 0. The molecule has 0 radical (unpaired) electrons. The summed E-state index contributed by atoms with van der Waals surface area (Å²) < 4.78 is 34.2. The lowest BCUT2D eigenvalue weighted by Crippen LogP contribution is -2.66. The molecule has 0 bridgehead atoms. The fourth-order valence-corrected chi connectivity index (χ4v) is 10.1. The number of nitrogens with one attached hydrogen (secondary N) is 1. The molecular formula is C54H103NO18. The number of amides is 1. The Morgan fingerprint density at radius 2 is 0.781 bits per heavy atom. The number of hydrogen-bond donors (Lipinski definition) is 12. The largest absolute Gasteiger partial charge is 0.394 e. The van der Waals surface area contributed by atoms with Crippen molar-refractivity contribution in [1.29, 1.82) is 0 Å². The van der Waals surface area contributed by atoms with Gasteiger partial charge in [-0.15, -0.1) is 0 Å². The molecule has 3 heterocycles. The molecule has 17 atom stereocenters. The topological polar surface area (TPSA) is 307 Å². The molecule has 17 unspecified atom stereocenters. The van der Waals surface area contributed by atoms with Crippen LogP contribution in [-0.2, 0) is 33.2 Å². The van der Waals surface area contributed by atoms with Crippen LogP contribution in [0.5, 0.6) is 0 Å². The van der Waals surface area contributed by atoms with Crippen LogP contribution in [0.25, 0.3) is 0 Å². The highest BCUT2D eigenvalue weighted by atomic mass is 16.8. The Labute approximate surface area is 436 Å². The standard InChI is InChI=1S/C54H103NO18/c1-3-5-7-9-11-13-15-17-18-19-20-22-24-26-28-30-32-42(60)55-37(38(59)31-29-27-25-23-21-16-14-12-10-8-6-4-2)36-68-52-48(66)45(63)50(40(34-57)70-52)73-54-49(67)46(64)51(41(35-58)71-54)72-53-47(65)44(62)43(61)39(33-56)69-53/h37-41,43-54,56-59,61-67H,3-36H2,1-2H3,(H,55,60). The highest BCUT2D eigenvalue weighted by Crippen LogP contribution is 2.33. The van der Waals surface area contributed by atoms with Crippen molar-refractivity contribution in [3.05, 3.63) is 0 Å². The Morgan fingerprint density at radius 3 is 1.19 bits per heavy atom. The summed E-state index contributed by atoms with van der Waals surface area (Å²) in [4.78, 5) is 13.3. The van der Waals surface area contributed by atoms with E-state index in [0.29, 0.717) is 12.8 Å². The van der Waals surface area contributed by atoms with E-state index in [0.717, 1.165) is 44.9 Å². The molecule has 3 saturated heterocycles. The molecule has 3 aliphatic heterocycles. The third kappa shape index (κ3) is 24.1. The molecule has 19 heteroatoms. The Balaban J connectivity index is 1.51. The van der Waals surface area contributed by atoms with E-state index in [1.54, 1.807) is 0 Å². The second-order valence-electron chi connectivity index (χ2n) is 21.1. The summed E-state index contributed by atoms with van der Waals surface area (Å²) in [5.74, 6) is -0.241. The van der Waals surface area contributed by atoms with Crippen LogP contribution in [0.1, 0.15) is 206 Å². The first-order valence-corrected chi connectivity index (χ1v) is 28.8. The van der Waals surface area contributed by atoms with Gasteiger partial charge >= 0.3 is 0 Å². The molecule has 3 aliphatic rings. The van der Waals surface area contributed by atoms with Crippen molar-refractivity contribution < 1.29 is 89.4 Å². The minimum absolute atomic E-state index is 0.241. The number of hydrogen-bond acceptors (Lipinski definition) is 18. The van der Waals surface area contributed by atoms with E-state index in [1.807, 2.05) is 0 Å². The monoisotopic (exact) mass is 1050 g/mol. The van der Waals surface area contributed by atoms with Gasteiger partial charge in [-0.2, -0.15) is 0 Å². The maximum absolute atomic E-state index is 13.3. The molecule has 0 spiro atoms. The fourth-order valence-electron chi connectivity index (χ4n) is 10.1. The van der Waals surface area contributed by atoms with Crippen molar-refractivity contribution in [3.63, 3.8) is 0 Å². The van der Waals surface area contributed by atoms with Crippen LogP contribution in [0.2, 0.25) is 0 Å². The number of rotatable bonds is 42. The van der Waals surface area contributed by atoms with Gasteiger partial charge in [0.1, 0.15) is 73.2 Å². The lowest BCUT2D eigenvalue weighted by molar-refractivity contribution is -0.379. The molecule has 0 saturated carbocycles. The van der Waals surface area contributed by atoms with Gasteiger partial charge in [-0.05, 0) is 12.8 Å². The van der Waals surface area contributed by atoms with Crippen LogP contribution in [0.4, 0.5) is 0 Å². The first kappa shape index (κ1) is 66.1. The molecule has 12 N–H and O–H groups in total. The summed E-state index contributed by atoms with van der Waals surface area (Å²) >= 11 is 0. The maximum Gasteiger partial charge on any atom is 0.220 e. The van der Waals surface area contributed by atoms with Gasteiger partial charge in [0, 0.05) is 6.42 Å². The first-order valence-electron chi connectivity index (χ1n) is 28.8. The van der Waals surface area contributed by atoms with Gasteiger partial charge in [-0.1, -0.05) is 187 Å². The second-order valence-corrected chi connectivity index (χ2v) is 21.1. The molecule has 3 rings (SSSR count). The molecule has 0 aliphatic carbocycles. The Kier molecular flexibility index (Phi) is 35.5. The Morgan fingerprint density at radius 1 is 0.438 bits per heavy atom. The molecular weight excluding hydrogens is 951 g/mol. The lowest BCUT2D eigenvalue weighted by Gasteiger charge is -2.48. The van der Waals surface area contributed by atoms with Crippen molar-refractivity contribution in [2.45, 2.75) is 311 Å². The summed E-state index contributed by atoms with van der Waals surface area (Å²) in [5.41, 5.74) is 0. The number of carbonyl (C=O) groups is 1.